The minimum absolute atomic E-state index is 0.0865. The Hall–Kier alpha value is -2.31. The van der Waals surface area contributed by atoms with Crippen molar-refractivity contribution in [2.45, 2.75) is 19.6 Å². The maximum atomic E-state index is 12.7. The van der Waals surface area contributed by atoms with Crippen LogP contribution in [0.25, 0.3) is 10.9 Å². The van der Waals surface area contributed by atoms with E-state index in [1.54, 1.807) is 6.92 Å². The number of ether oxygens (including phenoxy) is 1. The lowest BCUT2D eigenvalue weighted by Crippen LogP contribution is -2.17. The number of carbonyl (C=O) groups excluding carboxylic acids is 1. The first-order valence-corrected chi connectivity index (χ1v) is 6.19. The van der Waals surface area contributed by atoms with Gasteiger partial charge in [0.05, 0.1) is 17.7 Å². The van der Waals surface area contributed by atoms with Crippen LogP contribution < -0.4 is 5.43 Å². The van der Waals surface area contributed by atoms with Gasteiger partial charge >= 0.3 is 12.1 Å². The highest BCUT2D eigenvalue weighted by Crippen LogP contribution is 2.30. The Morgan fingerprint density at radius 2 is 2.00 bits per heavy atom. The number of hydrogen-bond donors (Lipinski definition) is 0. The van der Waals surface area contributed by atoms with Crippen molar-refractivity contribution < 1.29 is 22.7 Å². The van der Waals surface area contributed by atoms with Crippen molar-refractivity contribution in [2.75, 3.05) is 6.61 Å². The van der Waals surface area contributed by atoms with Gasteiger partial charge < -0.3 is 9.30 Å². The molecule has 0 bridgehead atoms. The standard InChI is InChI=1S/C14H12F3NO3/c1-2-21-13(20)8-18-6-5-12(19)10-7-9(14(15,16)17)3-4-11(10)18/h3-7H,2,8H2,1H3. The minimum Gasteiger partial charge on any atom is -0.465 e. The highest BCUT2D eigenvalue weighted by atomic mass is 19.4. The van der Waals surface area contributed by atoms with Crippen LogP contribution in [0.4, 0.5) is 13.2 Å². The number of pyridine rings is 1. The fraction of sp³-hybridized carbons (Fsp3) is 0.286. The van der Waals surface area contributed by atoms with E-state index in [1.165, 1.54) is 16.8 Å². The monoisotopic (exact) mass is 299 g/mol. The molecule has 0 fully saturated rings. The second-order valence-corrected chi connectivity index (χ2v) is 4.34. The van der Waals surface area contributed by atoms with Crippen molar-refractivity contribution in [2.24, 2.45) is 0 Å². The van der Waals surface area contributed by atoms with Gasteiger partial charge in [0.15, 0.2) is 5.43 Å². The summed E-state index contributed by atoms with van der Waals surface area (Å²) >= 11 is 0. The van der Waals surface area contributed by atoms with Crippen molar-refractivity contribution >= 4 is 16.9 Å². The topological polar surface area (TPSA) is 48.3 Å². The van der Waals surface area contributed by atoms with Gasteiger partial charge in [0, 0.05) is 17.6 Å². The van der Waals surface area contributed by atoms with Crippen LogP contribution in [0.15, 0.2) is 35.3 Å². The van der Waals surface area contributed by atoms with Crippen molar-refractivity contribution in [3.63, 3.8) is 0 Å². The second kappa shape index (κ2) is 5.59. The summed E-state index contributed by atoms with van der Waals surface area (Å²) in [4.78, 5) is 23.2. The first kappa shape index (κ1) is 15.1. The van der Waals surface area contributed by atoms with Crippen LogP contribution in [-0.4, -0.2) is 17.1 Å². The lowest BCUT2D eigenvalue weighted by atomic mass is 10.1. The van der Waals surface area contributed by atoms with Crippen molar-refractivity contribution in [3.05, 3.63) is 46.2 Å². The van der Waals surface area contributed by atoms with E-state index >= 15 is 0 Å². The molecule has 0 unspecified atom stereocenters. The second-order valence-electron chi connectivity index (χ2n) is 4.34. The third-order valence-corrected chi connectivity index (χ3v) is 2.91. The number of hydrogen-bond acceptors (Lipinski definition) is 3. The maximum absolute atomic E-state index is 12.7. The summed E-state index contributed by atoms with van der Waals surface area (Å²) in [6.07, 6.45) is -3.17. The lowest BCUT2D eigenvalue weighted by molar-refractivity contribution is -0.143. The summed E-state index contributed by atoms with van der Waals surface area (Å²) in [6.45, 7) is 1.68. The SMILES string of the molecule is CCOC(=O)Cn1ccc(=O)c2cc(C(F)(F)F)ccc21. The van der Waals surface area contributed by atoms with Crippen LogP contribution in [-0.2, 0) is 22.3 Å². The Labute approximate surface area is 117 Å². The van der Waals surface area contributed by atoms with E-state index in [1.807, 2.05) is 0 Å². The molecule has 0 aliphatic heterocycles. The van der Waals surface area contributed by atoms with E-state index in [-0.39, 0.29) is 24.1 Å². The molecule has 112 valence electrons. The van der Waals surface area contributed by atoms with Gasteiger partial charge in [-0.1, -0.05) is 0 Å². The molecule has 0 saturated carbocycles. The van der Waals surface area contributed by atoms with Gasteiger partial charge in [-0.2, -0.15) is 13.2 Å². The molecule has 0 spiro atoms. The predicted molar refractivity (Wildman–Crippen MR) is 69.8 cm³/mol. The summed E-state index contributed by atoms with van der Waals surface area (Å²) < 4.78 is 44.2. The first-order chi connectivity index (χ1) is 9.82. The molecule has 2 rings (SSSR count). The Kier molecular flexibility index (Phi) is 4.02. The molecule has 0 saturated heterocycles. The highest BCUT2D eigenvalue weighted by Gasteiger charge is 2.30. The first-order valence-electron chi connectivity index (χ1n) is 6.19. The van der Waals surface area contributed by atoms with Crippen LogP contribution in [0.5, 0.6) is 0 Å². The molecule has 0 amide bonds. The number of halogens is 3. The van der Waals surface area contributed by atoms with E-state index in [0.717, 1.165) is 18.2 Å². The summed E-state index contributed by atoms with van der Waals surface area (Å²) in [5, 5.41) is -0.0865. The number of benzene rings is 1. The van der Waals surface area contributed by atoms with Crippen LogP contribution in [0.1, 0.15) is 12.5 Å². The summed E-state index contributed by atoms with van der Waals surface area (Å²) in [5.74, 6) is -0.526. The molecule has 4 nitrogen and oxygen atoms in total. The number of rotatable bonds is 3. The van der Waals surface area contributed by atoms with Gasteiger partial charge in [0.2, 0.25) is 0 Å². The van der Waals surface area contributed by atoms with Crippen molar-refractivity contribution in [1.29, 1.82) is 0 Å². The van der Waals surface area contributed by atoms with E-state index < -0.39 is 23.1 Å². The molecular formula is C14H12F3NO3. The molecule has 2 aromatic rings. The predicted octanol–water partition coefficient (Wildman–Crippen LogP) is 2.58. The highest BCUT2D eigenvalue weighted by molar-refractivity contribution is 5.81. The Bertz CT molecular complexity index is 734. The average molecular weight is 299 g/mol. The molecule has 1 aromatic heterocycles. The van der Waals surface area contributed by atoms with E-state index in [0.29, 0.717) is 0 Å². The molecule has 7 heteroatoms. The van der Waals surface area contributed by atoms with Crippen LogP contribution in [0.3, 0.4) is 0 Å². The van der Waals surface area contributed by atoms with E-state index in [9.17, 15) is 22.8 Å². The quantitative estimate of drug-likeness (QED) is 0.818. The summed E-state index contributed by atoms with van der Waals surface area (Å²) in [7, 11) is 0. The number of aromatic nitrogens is 1. The van der Waals surface area contributed by atoms with Gasteiger partial charge in [-0.3, -0.25) is 9.59 Å². The third kappa shape index (κ3) is 3.24. The van der Waals surface area contributed by atoms with Gasteiger partial charge in [0.25, 0.3) is 0 Å². The molecule has 1 aromatic carbocycles. The van der Waals surface area contributed by atoms with E-state index in [2.05, 4.69) is 0 Å². The third-order valence-electron chi connectivity index (χ3n) is 2.91. The lowest BCUT2D eigenvalue weighted by Gasteiger charge is -2.12. The van der Waals surface area contributed by atoms with Crippen LogP contribution >= 0.6 is 0 Å². The number of alkyl halides is 3. The largest absolute Gasteiger partial charge is 0.465 e. The van der Waals surface area contributed by atoms with Crippen molar-refractivity contribution in [3.8, 4) is 0 Å². The Morgan fingerprint density at radius 1 is 1.29 bits per heavy atom. The number of fused-ring (bicyclic) bond motifs is 1. The average Bonchev–Trinajstić information content (AvgIpc) is 2.41. The summed E-state index contributed by atoms with van der Waals surface area (Å²) in [5.41, 5.74) is -1.18. The number of esters is 1. The summed E-state index contributed by atoms with van der Waals surface area (Å²) in [6, 6.07) is 3.98. The zero-order valence-corrected chi connectivity index (χ0v) is 11.1. The molecular weight excluding hydrogens is 287 g/mol. The zero-order valence-electron chi connectivity index (χ0n) is 11.1. The molecule has 0 atom stereocenters. The molecule has 0 aliphatic carbocycles. The molecule has 0 aliphatic rings. The fourth-order valence-corrected chi connectivity index (χ4v) is 1.97. The van der Waals surface area contributed by atoms with Crippen molar-refractivity contribution in [1.82, 2.24) is 4.57 Å². The van der Waals surface area contributed by atoms with Crippen LogP contribution in [0.2, 0.25) is 0 Å². The molecule has 21 heavy (non-hydrogen) atoms. The van der Waals surface area contributed by atoms with Gasteiger partial charge in [-0.15, -0.1) is 0 Å². The Balaban J connectivity index is 2.53. The fourth-order valence-electron chi connectivity index (χ4n) is 1.97. The minimum atomic E-state index is -4.53. The maximum Gasteiger partial charge on any atom is 0.416 e. The molecule has 0 N–H and O–H groups in total. The van der Waals surface area contributed by atoms with Gasteiger partial charge in [-0.25, -0.2) is 0 Å². The molecule has 0 radical (unpaired) electrons. The zero-order chi connectivity index (χ0) is 15.6. The van der Waals surface area contributed by atoms with Gasteiger partial charge in [-0.05, 0) is 25.1 Å². The van der Waals surface area contributed by atoms with E-state index in [4.69, 9.17) is 4.74 Å². The normalized spacial score (nSPS) is 11.6. The van der Waals surface area contributed by atoms with Gasteiger partial charge in [0.1, 0.15) is 6.54 Å². The smallest absolute Gasteiger partial charge is 0.416 e. The Morgan fingerprint density at radius 3 is 2.62 bits per heavy atom. The molecule has 1 heterocycles. The number of carbonyl (C=O) groups is 1. The number of nitrogens with zero attached hydrogens (tertiary/aromatic N) is 1. The van der Waals surface area contributed by atoms with Crippen LogP contribution in [0, 0.1) is 0 Å².